The third-order valence-electron chi connectivity index (χ3n) is 6.34. The summed E-state index contributed by atoms with van der Waals surface area (Å²) >= 11 is 0. The standard InChI is InChI=1S/C23H25N/c24-17-10-8-16-9-11-21-19-7-3-6-18(15-4-1-2-5-15)20(19)12-13-22(21)23(16)14-17/h7,9,11-15H,1-6,8,10,24H2. The third kappa shape index (κ3) is 2.14. The first-order chi connectivity index (χ1) is 11.8. The van der Waals surface area contributed by atoms with Gasteiger partial charge >= 0.3 is 0 Å². The Kier molecular flexibility index (Phi) is 3.29. The molecule has 5 rings (SSSR count). The lowest BCUT2D eigenvalue weighted by Crippen LogP contribution is -2.32. The number of rotatable bonds is 1. The first-order valence-electron chi connectivity index (χ1n) is 9.55. The summed E-state index contributed by atoms with van der Waals surface area (Å²) in [5.74, 6) is 0.836. The second kappa shape index (κ2) is 5.51. The van der Waals surface area contributed by atoms with Crippen molar-refractivity contribution in [3.63, 3.8) is 0 Å². The third-order valence-corrected chi connectivity index (χ3v) is 6.34. The first kappa shape index (κ1) is 14.3. The summed E-state index contributed by atoms with van der Waals surface area (Å²) in [6, 6.07) is 9.45. The fourth-order valence-corrected chi connectivity index (χ4v) is 5.13. The molecule has 0 heterocycles. The highest BCUT2D eigenvalue weighted by Gasteiger charge is 2.21. The summed E-state index contributed by atoms with van der Waals surface area (Å²) in [5, 5.41) is 5.83. The van der Waals surface area contributed by atoms with Gasteiger partial charge in [-0.15, -0.1) is 0 Å². The Morgan fingerprint density at radius 2 is 1.71 bits per heavy atom. The average molecular weight is 315 g/mol. The van der Waals surface area contributed by atoms with E-state index in [9.17, 15) is 0 Å². The molecule has 1 nitrogen and oxygen atoms in total. The fourth-order valence-electron chi connectivity index (χ4n) is 5.13. The van der Waals surface area contributed by atoms with Gasteiger partial charge in [-0.2, -0.15) is 0 Å². The highest BCUT2D eigenvalue weighted by Crippen LogP contribution is 2.34. The van der Waals surface area contributed by atoms with Crippen LogP contribution in [0.4, 0.5) is 0 Å². The predicted molar refractivity (Wildman–Crippen MR) is 103 cm³/mol. The van der Waals surface area contributed by atoms with E-state index in [0.717, 1.165) is 24.5 Å². The normalized spacial score (nSPS) is 20.5. The first-order valence-corrected chi connectivity index (χ1v) is 9.55. The number of hydrogen-bond donors (Lipinski definition) is 1. The highest BCUT2D eigenvalue weighted by atomic mass is 14.6. The molecule has 122 valence electrons. The van der Waals surface area contributed by atoms with E-state index < -0.39 is 0 Å². The summed E-state index contributed by atoms with van der Waals surface area (Å²) in [6.45, 7) is 0. The quantitative estimate of drug-likeness (QED) is 0.846. The molecule has 0 unspecified atom stereocenters. The van der Waals surface area contributed by atoms with Gasteiger partial charge < -0.3 is 5.73 Å². The minimum absolute atomic E-state index is 0.836. The van der Waals surface area contributed by atoms with Crippen molar-refractivity contribution in [3.05, 3.63) is 51.5 Å². The van der Waals surface area contributed by atoms with Gasteiger partial charge in [-0.05, 0) is 82.9 Å². The molecule has 0 spiro atoms. The van der Waals surface area contributed by atoms with Crippen molar-refractivity contribution in [2.45, 2.75) is 51.4 Å². The van der Waals surface area contributed by atoms with Gasteiger partial charge in [0.05, 0.1) is 0 Å². The van der Waals surface area contributed by atoms with Gasteiger partial charge in [-0.3, -0.25) is 0 Å². The Morgan fingerprint density at radius 1 is 0.875 bits per heavy atom. The molecule has 1 saturated carbocycles. The largest absolute Gasteiger partial charge is 0.402 e. The van der Waals surface area contributed by atoms with Crippen molar-refractivity contribution in [1.82, 2.24) is 0 Å². The van der Waals surface area contributed by atoms with Crippen molar-refractivity contribution < 1.29 is 0 Å². The van der Waals surface area contributed by atoms with Crippen LogP contribution in [0.5, 0.6) is 0 Å². The molecule has 2 aromatic carbocycles. The van der Waals surface area contributed by atoms with E-state index in [-0.39, 0.29) is 0 Å². The Labute approximate surface area is 143 Å². The molecule has 0 aromatic heterocycles. The summed E-state index contributed by atoms with van der Waals surface area (Å²) in [4.78, 5) is 0. The summed E-state index contributed by atoms with van der Waals surface area (Å²) < 4.78 is 0. The van der Waals surface area contributed by atoms with E-state index in [1.807, 2.05) is 0 Å². The van der Waals surface area contributed by atoms with Gasteiger partial charge in [0.1, 0.15) is 0 Å². The molecular formula is C23H25N. The molecule has 0 saturated heterocycles. The van der Waals surface area contributed by atoms with Crippen molar-refractivity contribution in [3.8, 4) is 0 Å². The summed E-state index contributed by atoms with van der Waals surface area (Å²) in [5.41, 5.74) is 11.7. The lowest BCUT2D eigenvalue weighted by Gasteiger charge is -2.20. The number of aryl methyl sites for hydroxylation is 1. The summed E-state index contributed by atoms with van der Waals surface area (Å²) in [7, 11) is 0. The van der Waals surface area contributed by atoms with E-state index in [4.69, 9.17) is 5.73 Å². The number of allylic oxidation sites excluding steroid dienone is 1. The molecule has 0 amide bonds. The zero-order chi connectivity index (χ0) is 16.1. The van der Waals surface area contributed by atoms with E-state index >= 15 is 0 Å². The maximum absolute atomic E-state index is 6.13. The maximum Gasteiger partial charge on any atom is 0.00901 e. The van der Waals surface area contributed by atoms with Crippen LogP contribution in [-0.4, -0.2) is 0 Å². The second-order valence-electron chi connectivity index (χ2n) is 7.73. The van der Waals surface area contributed by atoms with Gasteiger partial charge in [-0.1, -0.05) is 48.8 Å². The number of nitrogens with two attached hydrogens (primary N) is 1. The van der Waals surface area contributed by atoms with E-state index in [2.05, 4.69) is 36.4 Å². The van der Waals surface area contributed by atoms with Crippen LogP contribution in [-0.2, 0) is 6.42 Å². The molecule has 2 aromatic rings. The molecule has 1 fully saturated rings. The van der Waals surface area contributed by atoms with E-state index in [1.165, 1.54) is 70.9 Å². The van der Waals surface area contributed by atoms with Crippen LogP contribution in [0.2, 0.25) is 0 Å². The number of fused-ring (bicyclic) bond motifs is 5. The van der Waals surface area contributed by atoms with Crippen LogP contribution in [0.25, 0.3) is 28.5 Å². The minimum Gasteiger partial charge on any atom is -0.402 e. The average Bonchev–Trinajstić information content (AvgIpc) is 3.15. The fraction of sp³-hybridized carbons (Fsp3) is 0.391. The molecule has 0 aliphatic heterocycles. The molecule has 0 radical (unpaired) electrons. The second-order valence-corrected chi connectivity index (χ2v) is 7.73. The molecule has 0 bridgehead atoms. The highest BCUT2D eigenvalue weighted by molar-refractivity contribution is 5.94. The Bertz CT molecular complexity index is 971. The molecule has 2 N–H and O–H groups in total. The molecule has 24 heavy (non-hydrogen) atoms. The maximum atomic E-state index is 6.13. The molecule has 3 aliphatic rings. The number of hydrogen-bond acceptors (Lipinski definition) is 1. The molecule has 0 atom stereocenters. The van der Waals surface area contributed by atoms with Gasteiger partial charge in [0.15, 0.2) is 0 Å². The number of benzene rings is 2. The van der Waals surface area contributed by atoms with Gasteiger partial charge in [0.2, 0.25) is 0 Å². The van der Waals surface area contributed by atoms with E-state index in [0.29, 0.717) is 0 Å². The Hall–Kier alpha value is -2.02. The van der Waals surface area contributed by atoms with Crippen LogP contribution in [0.3, 0.4) is 0 Å². The van der Waals surface area contributed by atoms with Crippen LogP contribution in [0.1, 0.15) is 56.1 Å². The van der Waals surface area contributed by atoms with Crippen LogP contribution in [0.15, 0.2) is 30.0 Å². The zero-order valence-electron chi connectivity index (χ0n) is 14.3. The summed E-state index contributed by atoms with van der Waals surface area (Å²) in [6.07, 6.45) is 14.8. The smallest absolute Gasteiger partial charge is 0.00901 e. The van der Waals surface area contributed by atoms with Gasteiger partial charge in [0.25, 0.3) is 0 Å². The van der Waals surface area contributed by atoms with Crippen molar-refractivity contribution in [2.75, 3.05) is 0 Å². The lowest BCUT2D eigenvalue weighted by atomic mass is 9.85. The minimum atomic E-state index is 0.836. The van der Waals surface area contributed by atoms with Crippen molar-refractivity contribution >= 4 is 28.5 Å². The zero-order valence-corrected chi connectivity index (χ0v) is 14.3. The van der Waals surface area contributed by atoms with Gasteiger partial charge in [0, 0.05) is 5.70 Å². The lowest BCUT2D eigenvalue weighted by molar-refractivity contribution is 0.675. The molecule has 3 aliphatic carbocycles. The topological polar surface area (TPSA) is 26.0 Å². The van der Waals surface area contributed by atoms with Crippen molar-refractivity contribution in [2.24, 2.45) is 11.7 Å². The molecule has 1 heteroatoms. The van der Waals surface area contributed by atoms with Crippen LogP contribution >= 0.6 is 0 Å². The van der Waals surface area contributed by atoms with E-state index in [1.54, 1.807) is 5.57 Å². The predicted octanol–water partition coefficient (Wildman–Crippen LogP) is 4.00. The Morgan fingerprint density at radius 3 is 2.58 bits per heavy atom. The van der Waals surface area contributed by atoms with Crippen LogP contribution < -0.4 is 16.2 Å². The van der Waals surface area contributed by atoms with Crippen molar-refractivity contribution in [1.29, 1.82) is 0 Å². The Balaban J connectivity index is 1.82. The monoisotopic (exact) mass is 315 g/mol. The SMILES string of the molecule is NC1=Cc2c(ccc3c4c(ccc23)=C(C2CCCC2)CCC=4)CC1. The van der Waals surface area contributed by atoms with Crippen LogP contribution in [0, 0.1) is 5.92 Å². The molecular weight excluding hydrogens is 290 g/mol. The van der Waals surface area contributed by atoms with Gasteiger partial charge in [-0.25, -0.2) is 0 Å².